The standard InChI is InChI=1S/C20H29N3O4S/c1-15(16-5-6-16)23(18-7-8-18)14-20(24)21-17-3-2-4-19(13-17)28(25,26)22-9-11-27-12-10-22/h2-4,13,15-16,18H,5-12,14H2,1H3,(H,21,24). The van der Waals surface area contributed by atoms with Crippen molar-refractivity contribution in [3.05, 3.63) is 24.3 Å². The molecule has 0 bridgehead atoms. The molecule has 0 aromatic heterocycles. The van der Waals surface area contributed by atoms with Gasteiger partial charge in [-0.2, -0.15) is 4.31 Å². The molecule has 1 amide bonds. The van der Waals surface area contributed by atoms with Gasteiger partial charge in [0.2, 0.25) is 15.9 Å². The zero-order valence-corrected chi connectivity index (χ0v) is 17.2. The maximum atomic E-state index is 12.8. The SMILES string of the molecule is CC(C1CC1)N(CC(=O)Nc1cccc(S(=O)(=O)N2CCOCC2)c1)C1CC1. The van der Waals surface area contributed by atoms with Crippen LogP contribution in [0.3, 0.4) is 0 Å². The molecule has 28 heavy (non-hydrogen) atoms. The van der Waals surface area contributed by atoms with E-state index < -0.39 is 10.0 Å². The molecule has 1 heterocycles. The van der Waals surface area contributed by atoms with Gasteiger partial charge in [0.15, 0.2) is 0 Å². The molecule has 0 radical (unpaired) electrons. The quantitative estimate of drug-likeness (QED) is 0.712. The molecule has 2 saturated carbocycles. The maximum absolute atomic E-state index is 12.8. The van der Waals surface area contributed by atoms with Crippen molar-refractivity contribution in [3.63, 3.8) is 0 Å². The average Bonchev–Trinajstić information content (AvgIpc) is 3.59. The number of carbonyl (C=O) groups is 1. The number of morpholine rings is 1. The molecule has 4 rings (SSSR count). The Balaban J connectivity index is 1.42. The van der Waals surface area contributed by atoms with E-state index >= 15 is 0 Å². The molecule has 1 aromatic carbocycles. The van der Waals surface area contributed by atoms with Crippen molar-refractivity contribution in [1.82, 2.24) is 9.21 Å². The van der Waals surface area contributed by atoms with Crippen molar-refractivity contribution in [1.29, 1.82) is 0 Å². The van der Waals surface area contributed by atoms with E-state index in [1.165, 1.54) is 17.1 Å². The third-order valence-corrected chi connectivity index (χ3v) is 7.79. The maximum Gasteiger partial charge on any atom is 0.243 e. The van der Waals surface area contributed by atoms with E-state index in [2.05, 4.69) is 17.1 Å². The molecule has 1 atom stereocenters. The van der Waals surface area contributed by atoms with Gasteiger partial charge in [-0.1, -0.05) is 6.07 Å². The van der Waals surface area contributed by atoms with Crippen LogP contribution in [-0.4, -0.2) is 68.5 Å². The molecule has 1 aromatic rings. The Bertz CT molecular complexity index is 814. The Morgan fingerprint density at radius 1 is 1.25 bits per heavy atom. The van der Waals surface area contributed by atoms with Gasteiger partial charge in [-0.05, 0) is 56.7 Å². The minimum Gasteiger partial charge on any atom is -0.379 e. The number of anilines is 1. The molecule has 1 unspecified atom stereocenters. The van der Waals surface area contributed by atoms with Crippen LogP contribution in [0.25, 0.3) is 0 Å². The fourth-order valence-electron chi connectivity index (χ4n) is 3.90. The second-order valence-corrected chi connectivity index (χ2v) is 10.0. The lowest BCUT2D eigenvalue weighted by atomic mass is 10.1. The van der Waals surface area contributed by atoms with E-state index in [4.69, 9.17) is 4.74 Å². The van der Waals surface area contributed by atoms with Crippen molar-refractivity contribution in [2.45, 2.75) is 49.6 Å². The van der Waals surface area contributed by atoms with Gasteiger partial charge < -0.3 is 10.1 Å². The van der Waals surface area contributed by atoms with Crippen molar-refractivity contribution >= 4 is 21.6 Å². The molecule has 2 aliphatic carbocycles. The summed E-state index contributed by atoms with van der Waals surface area (Å²) >= 11 is 0. The molecule has 1 saturated heterocycles. The first-order valence-electron chi connectivity index (χ1n) is 10.2. The Hall–Kier alpha value is -1.48. The number of hydrogen-bond acceptors (Lipinski definition) is 5. The van der Waals surface area contributed by atoms with E-state index in [0.717, 1.165) is 18.8 Å². The molecular weight excluding hydrogens is 378 g/mol. The summed E-state index contributed by atoms with van der Waals surface area (Å²) in [4.78, 5) is 15.2. The van der Waals surface area contributed by atoms with Gasteiger partial charge in [0.1, 0.15) is 0 Å². The molecule has 154 valence electrons. The van der Waals surface area contributed by atoms with Crippen LogP contribution in [0, 0.1) is 5.92 Å². The van der Waals surface area contributed by atoms with E-state index in [0.29, 0.717) is 50.6 Å². The van der Waals surface area contributed by atoms with Crippen LogP contribution in [0.2, 0.25) is 0 Å². The van der Waals surface area contributed by atoms with Crippen molar-refractivity contribution in [2.75, 3.05) is 38.2 Å². The third kappa shape index (κ3) is 4.56. The minimum atomic E-state index is -3.57. The molecule has 3 fully saturated rings. The molecule has 1 aliphatic heterocycles. The van der Waals surface area contributed by atoms with E-state index in [-0.39, 0.29) is 10.8 Å². The van der Waals surface area contributed by atoms with E-state index in [1.54, 1.807) is 24.3 Å². The Morgan fingerprint density at radius 2 is 1.96 bits per heavy atom. The summed E-state index contributed by atoms with van der Waals surface area (Å²) < 4.78 is 32.3. The Morgan fingerprint density at radius 3 is 2.61 bits per heavy atom. The van der Waals surface area contributed by atoms with Crippen molar-refractivity contribution < 1.29 is 17.9 Å². The monoisotopic (exact) mass is 407 g/mol. The molecule has 1 N–H and O–H groups in total. The predicted octanol–water partition coefficient (Wildman–Crippen LogP) is 1.91. The summed E-state index contributed by atoms with van der Waals surface area (Å²) in [6.07, 6.45) is 4.84. The van der Waals surface area contributed by atoms with Crippen LogP contribution >= 0.6 is 0 Å². The van der Waals surface area contributed by atoms with Gasteiger partial charge in [-0.3, -0.25) is 9.69 Å². The normalized spacial score (nSPS) is 22.2. The molecule has 3 aliphatic rings. The molecule has 7 nitrogen and oxygen atoms in total. The molecule has 0 spiro atoms. The Labute approximate surface area is 167 Å². The van der Waals surface area contributed by atoms with Crippen LogP contribution in [0.15, 0.2) is 29.2 Å². The number of ether oxygens (including phenoxy) is 1. The van der Waals surface area contributed by atoms with Crippen molar-refractivity contribution in [3.8, 4) is 0 Å². The van der Waals surface area contributed by atoms with Gasteiger partial charge in [0.05, 0.1) is 24.7 Å². The largest absolute Gasteiger partial charge is 0.379 e. The number of rotatable bonds is 8. The lowest BCUT2D eigenvalue weighted by molar-refractivity contribution is -0.118. The summed E-state index contributed by atoms with van der Waals surface area (Å²) in [6, 6.07) is 7.50. The van der Waals surface area contributed by atoms with Gasteiger partial charge in [0.25, 0.3) is 0 Å². The van der Waals surface area contributed by atoms with Gasteiger partial charge in [-0.25, -0.2) is 8.42 Å². The van der Waals surface area contributed by atoms with Gasteiger partial charge in [-0.15, -0.1) is 0 Å². The number of nitrogens with one attached hydrogen (secondary N) is 1. The Kier molecular flexibility index (Phi) is 5.73. The number of hydrogen-bond donors (Lipinski definition) is 1. The first-order chi connectivity index (χ1) is 13.4. The zero-order chi connectivity index (χ0) is 19.7. The van der Waals surface area contributed by atoms with Crippen LogP contribution < -0.4 is 5.32 Å². The fourth-order valence-corrected chi connectivity index (χ4v) is 5.35. The average molecular weight is 408 g/mol. The highest BCUT2D eigenvalue weighted by molar-refractivity contribution is 7.89. The number of amides is 1. The highest BCUT2D eigenvalue weighted by atomic mass is 32.2. The number of sulfonamides is 1. The molecular formula is C20H29N3O4S. The summed E-state index contributed by atoms with van der Waals surface area (Å²) in [5, 5.41) is 2.90. The summed E-state index contributed by atoms with van der Waals surface area (Å²) in [6.45, 7) is 4.11. The van der Waals surface area contributed by atoms with Gasteiger partial charge in [0, 0.05) is 30.9 Å². The highest BCUT2D eigenvalue weighted by Gasteiger charge is 2.39. The minimum absolute atomic E-state index is 0.0830. The second kappa shape index (κ2) is 8.10. The van der Waals surface area contributed by atoms with Gasteiger partial charge >= 0.3 is 0 Å². The summed E-state index contributed by atoms with van der Waals surface area (Å²) in [5.74, 6) is 0.635. The highest BCUT2D eigenvalue weighted by Crippen LogP contribution is 2.39. The smallest absolute Gasteiger partial charge is 0.243 e. The van der Waals surface area contributed by atoms with Crippen LogP contribution in [0.5, 0.6) is 0 Å². The van der Waals surface area contributed by atoms with E-state index in [9.17, 15) is 13.2 Å². The zero-order valence-electron chi connectivity index (χ0n) is 16.3. The second-order valence-electron chi connectivity index (χ2n) is 8.07. The topological polar surface area (TPSA) is 79.0 Å². The first kappa shape index (κ1) is 19.8. The first-order valence-corrected chi connectivity index (χ1v) is 11.6. The number of benzene rings is 1. The number of carbonyl (C=O) groups excluding carboxylic acids is 1. The molecule has 8 heteroatoms. The van der Waals surface area contributed by atoms with Crippen LogP contribution in [0.1, 0.15) is 32.6 Å². The van der Waals surface area contributed by atoms with Crippen molar-refractivity contribution in [2.24, 2.45) is 5.92 Å². The predicted molar refractivity (Wildman–Crippen MR) is 107 cm³/mol. The van der Waals surface area contributed by atoms with Crippen LogP contribution in [0.4, 0.5) is 5.69 Å². The lowest BCUT2D eigenvalue weighted by Gasteiger charge is -2.28. The fraction of sp³-hybridized carbons (Fsp3) is 0.650. The summed E-state index contributed by atoms with van der Waals surface area (Å²) in [7, 11) is -3.57. The van der Waals surface area contributed by atoms with E-state index in [1.807, 2.05) is 0 Å². The third-order valence-electron chi connectivity index (χ3n) is 5.90. The van der Waals surface area contributed by atoms with Crippen LogP contribution in [-0.2, 0) is 19.6 Å². The lowest BCUT2D eigenvalue weighted by Crippen LogP contribution is -2.42. The summed E-state index contributed by atoms with van der Waals surface area (Å²) in [5.41, 5.74) is 0.522. The number of nitrogens with zero attached hydrogens (tertiary/aromatic N) is 2.